The highest BCUT2D eigenvalue weighted by Crippen LogP contribution is 2.44. The van der Waals surface area contributed by atoms with Crippen molar-refractivity contribution in [1.82, 2.24) is 0 Å². The van der Waals surface area contributed by atoms with E-state index in [0.717, 1.165) is 64.2 Å². The zero-order chi connectivity index (χ0) is 39.1. The van der Waals surface area contributed by atoms with Gasteiger partial charge in [0, 0.05) is 12.8 Å². The van der Waals surface area contributed by atoms with Crippen LogP contribution in [0.1, 0.15) is 194 Å². The van der Waals surface area contributed by atoms with Gasteiger partial charge in [0.15, 0.2) is 0 Å². The van der Waals surface area contributed by atoms with Crippen LogP contribution in [0.4, 0.5) is 0 Å². The predicted molar refractivity (Wildman–Crippen MR) is 221 cm³/mol. The fourth-order valence-corrected chi connectivity index (χ4v) is 6.96. The van der Waals surface area contributed by atoms with E-state index in [2.05, 4.69) is 38.2 Å². The molecule has 0 aromatic heterocycles. The highest BCUT2D eigenvalue weighted by Gasteiger charge is 2.24. The summed E-state index contributed by atoms with van der Waals surface area (Å²) in [5.41, 5.74) is 0. The minimum atomic E-state index is -3.80. The maximum atomic E-state index is 12.3. The van der Waals surface area contributed by atoms with Crippen LogP contribution in [0.15, 0.2) is 24.3 Å². The van der Waals surface area contributed by atoms with Crippen molar-refractivity contribution in [2.24, 2.45) is 0 Å². The van der Waals surface area contributed by atoms with E-state index in [1.165, 1.54) is 89.9 Å². The van der Waals surface area contributed by atoms with E-state index in [-0.39, 0.29) is 26.1 Å². The van der Waals surface area contributed by atoms with Gasteiger partial charge in [0.25, 0.3) is 0 Å². The van der Waals surface area contributed by atoms with Gasteiger partial charge in [-0.05, 0) is 76.0 Å². The Hall–Kier alpha value is -1.13. The highest BCUT2D eigenvalue weighted by molar-refractivity contribution is 8.07. The van der Waals surface area contributed by atoms with Crippen molar-refractivity contribution in [3.05, 3.63) is 24.3 Å². The topological polar surface area (TPSA) is 132 Å². The molecule has 0 radical (unpaired) electrons. The van der Waals surface area contributed by atoms with E-state index in [0.29, 0.717) is 12.8 Å². The molecule has 0 fully saturated rings. The Morgan fingerprint density at radius 3 is 1.09 bits per heavy atom. The number of esters is 2. The van der Waals surface area contributed by atoms with Gasteiger partial charge in [-0.3, -0.25) is 9.59 Å². The number of ether oxygens (including phenoxy) is 2. The number of rotatable bonds is 40. The van der Waals surface area contributed by atoms with Gasteiger partial charge in [-0.1, -0.05) is 141 Å². The minimum Gasteiger partial charge on any atom is -0.457 e. The summed E-state index contributed by atoms with van der Waals surface area (Å²) in [6.45, 7) is -1.01. The standard InChI is InChI=1S/C42H79O9PS/c1-3-5-7-9-11-13-15-17-19-21-23-25-27-29-31-33-41(45)50-39(35-43)37-48-52(47,53)49-38-40(36-44)51-42(46)34-32-30-28-26-24-22-20-18-16-14-12-10-8-6-4-2/h17-20,39-40,43-44H,3-16,21-38H2,1-2H3,(H,47,53)/b19-17-,20-18-/t39-,40-/m0/s1. The number of carbonyl (C=O) groups excluding carboxylic acids is 2. The summed E-state index contributed by atoms with van der Waals surface area (Å²) in [5, 5.41) is 19.3. The molecule has 0 aliphatic rings. The van der Waals surface area contributed by atoms with E-state index in [1.54, 1.807) is 0 Å². The van der Waals surface area contributed by atoms with Gasteiger partial charge in [0.05, 0.1) is 26.4 Å². The number of carbonyl (C=O) groups is 2. The fraction of sp³-hybridized carbons (Fsp3) is 0.857. The second-order valence-electron chi connectivity index (χ2n) is 14.3. The number of hydrogen-bond donors (Lipinski definition) is 3. The van der Waals surface area contributed by atoms with E-state index < -0.39 is 44.1 Å². The first-order valence-electron chi connectivity index (χ1n) is 21.3. The zero-order valence-electron chi connectivity index (χ0n) is 33.7. The van der Waals surface area contributed by atoms with Crippen molar-refractivity contribution in [2.45, 2.75) is 206 Å². The van der Waals surface area contributed by atoms with Crippen LogP contribution in [-0.2, 0) is 39.9 Å². The Morgan fingerprint density at radius 2 is 0.792 bits per heavy atom. The molecule has 0 aliphatic heterocycles. The zero-order valence-corrected chi connectivity index (χ0v) is 35.4. The average Bonchev–Trinajstić information content (AvgIpc) is 3.14. The fourth-order valence-electron chi connectivity index (χ4n) is 5.81. The van der Waals surface area contributed by atoms with Crippen LogP contribution >= 0.6 is 6.72 Å². The molecule has 312 valence electrons. The molecule has 3 N–H and O–H groups in total. The van der Waals surface area contributed by atoms with Crippen molar-refractivity contribution >= 4 is 30.5 Å². The van der Waals surface area contributed by atoms with Gasteiger partial charge < -0.3 is 33.6 Å². The molecular weight excluding hydrogens is 711 g/mol. The number of unbranched alkanes of at least 4 members (excludes halogenated alkanes) is 22. The van der Waals surface area contributed by atoms with Crippen LogP contribution in [0.2, 0.25) is 0 Å². The van der Waals surface area contributed by atoms with Crippen LogP contribution in [0.3, 0.4) is 0 Å². The Labute approximate surface area is 329 Å². The van der Waals surface area contributed by atoms with Gasteiger partial charge in [-0.15, -0.1) is 0 Å². The lowest BCUT2D eigenvalue weighted by atomic mass is 10.1. The van der Waals surface area contributed by atoms with Gasteiger partial charge in [-0.2, -0.15) is 0 Å². The number of allylic oxidation sites excluding steroid dienone is 4. The molecule has 0 aromatic carbocycles. The van der Waals surface area contributed by atoms with Gasteiger partial charge >= 0.3 is 18.7 Å². The molecule has 0 bridgehead atoms. The minimum absolute atomic E-state index is 0.235. The number of aliphatic hydroxyl groups excluding tert-OH is 2. The van der Waals surface area contributed by atoms with Crippen LogP contribution < -0.4 is 0 Å². The molecule has 0 aliphatic carbocycles. The maximum Gasteiger partial charge on any atom is 0.324 e. The van der Waals surface area contributed by atoms with Crippen molar-refractivity contribution in [3.63, 3.8) is 0 Å². The van der Waals surface area contributed by atoms with Gasteiger partial charge in [0.2, 0.25) is 0 Å². The summed E-state index contributed by atoms with van der Waals surface area (Å²) in [7, 11) is 0. The van der Waals surface area contributed by atoms with Crippen molar-refractivity contribution < 1.29 is 43.2 Å². The van der Waals surface area contributed by atoms with Crippen molar-refractivity contribution in [1.29, 1.82) is 0 Å². The summed E-state index contributed by atoms with van der Waals surface area (Å²) in [6, 6.07) is 0. The number of hydrogen-bond acceptors (Lipinski definition) is 9. The van der Waals surface area contributed by atoms with Crippen molar-refractivity contribution in [3.8, 4) is 0 Å². The Kier molecular flexibility index (Phi) is 38.3. The Balaban J connectivity index is 3.95. The van der Waals surface area contributed by atoms with E-state index in [9.17, 15) is 24.7 Å². The summed E-state index contributed by atoms with van der Waals surface area (Å²) in [6.07, 6.45) is 38.0. The first-order valence-corrected chi connectivity index (χ1v) is 23.9. The van der Waals surface area contributed by atoms with Crippen LogP contribution in [0.5, 0.6) is 0 Å². The highest BCUT2D eigenvalue weighted by atomic mass is 32.5. The molecular formula is C42H79O9PS. The lowest BCUT2D eigenvalue weighted by molar-refractivity contribution is -0.153. The lowest BCUT2D eigenvalue weighted by Crippen LogP contribution is -2.28. The molecule has 2 atom stereocenters. The molecule has 0 unspecified atom stereocenters. The Morgan fingerprint density at radius 1 is 0.509 bits per heavy atom. The van der Waals surface area contributed by atoms with Crippen LogP contribution in [0.25, 0.3) is 0 Å². The molecule has 11 heteroatoms. The smallest absolute Gasteiger partial charge is 0.324 e. The maximum absolute atomic E-state index is 12.3. The van der Waals surface area contributed by atoms with E-state index in [1.807, 2.05) is 0 Å². The molecule has 53 heavy (non-hydrogen) atoms. The molecule has 0 aromatic rings. The first-order chi connectivity index (χ1) is 25.8. The quantitative estimate of drug-likeness (QED) is 0.0238. The van der Waals surface area contributed by atoms with Crippen molar-refractivity contribution in [2.75, 3.05) is 26.4 Å². The molecule has 0 heterocycles. The molecule has 9 nitrogen and oxygen atoms in total. The van der Waals surface area contributed by atoms with E-state index >= 15 is 0 Å². The van der Waals surface area contributed by atoms with E-state index in [4.69, 9.17) is 30.3 Å². The third kappa shape index (κ3) is 37.6. The SMILES string of the molecule is CCCCCCCC/C=C\CCCCCCCC(=O)O[C@@H](CO)COP(O)(=S)OC[C@H](CO)OC(=O)CCCCCCC/C=C\CCCCCCCC. The summed E-state index contributed by atoms with van der Waals surface area (Å²) in [5.74, 6) is -0.896. The molecule has 0 saturated carbocycles. The second kappa shape index (κ2) is 39.1. The third-order valence-corrected chi connectivity index (χ3v) is 10.7. The summed E-state index contributed by atoms with van der Waals surface area (Å²) < 4.78 is 21.1. The average molecular weight is 791 g/mol. The summed E-state index contributed by atoms with van der Waals surface area (Å²) >= 11 is 5.02. The second-order valence-corrected chi connectivity index (χ2v) is 17.2. The third-order valence-electron chi connectivity index (χ3n) is 9.14. The van der Waals surface area contributed by atoms with Crippen LogP contribution in [-0.4, -0.2) is 65.7 Å². The number of aliphatic hydroxyl groups is 2. The van der Waals surface area contributed by atoms with Crippen LogP contribution in [0, 0.1) is 0 Å². The van der Waals surface area contributed by atoms with Gasteiger partial charge in [-0.25, -0.2) is 0 Å². The normalized spacial score (nSPS) is 13.2. The monoisotopic (exact) mass is 791 g/mol. The molecule has 0 rings (SSSR count). The Bertz CT molecular complexity index is 876. The largest absolute Gasteiger partial charge is 0.457 e. The predicted octanol–water partition coefficient (Wildman–Crippen LogP) is 11.1. The lowest BCUT2D eigenvalue weighted by Gasteiger charge is -2.22. The first kappa shape index (κ1) is 51.9. The summed E-state index contributed by atoms with van der Waals surface area (Å²) in [4.78, 5) is 34.9. The molecule has 0 spiro atoms. The molecule has 0 saturated heterocycles. The van der Waals surface area contributed by atoms with Gasteiger partial charge in [0.1, 0.15) is 12.2 Å². The molecule has 0 amide bonds.